The molecule has 0 spiro atoms. The van der Waals surface area contributed by atoms with Crippen LogP contribution in [0.25, 0.3) is 0 Å². The average Bonchev–Trinajstić information content (AvgIpc) is 2.35. The highest BCUT2D eigenvalue weighted by molar-refractivity contribution is 7.89. The van der Waals surface area contributed by atoms with Gasteiger partial charge in [-0.25, -0.2) is 13.6 Å². The average molecular weight is 375 g/mol. The smallest absolute Gasteiger partial charge is 0.370 e. The predicted octanol–water partition coefficient (Wildman–Crippen LogP) is 1.68. The van der Waals surface area contributed by atoms with Crippen LogP contribution in [0.5, 0.6) is 0 Å². The number of alkyl halides is 3. The standard InChI is InChI=1S/C12H14ClF3N2O4S/c1-7(5-22-6-12(14,15)16)18-11(19)9-4-8(23(17,20)21)2-3-10(9)13/h2-4,7H,5-6H2,1H3,(H,18,19)(H2,17,20,21)/t7-/m0/s1. The molecule has 1 amide bonds. The number of hydrogen-bond donors (Lipinski definition) is 2. The zero-order valence-electron chi connectivity index (χ0n) is 11.9. The van der Waals surface area contributed by atoms with Crippen LogP contribution < -0.4 is 10.5 Å². The van der Waals surface area contributed by atoms with E-state index in [0.717, 1.165) is 12.1 Å². The van der Waals surface area contributed by atoms with Crippen LogP contribution in [0.3, 0.4) is 0 Å². The highest BCUT2D eigenvalue weighted by atomic mass is 35.5. The van der Waals surface area contributed by atoms with Crippen molar-refractivity contribution in [2.45, 2.75) is 24.0 Å². The minimum atomic E-state index is -4.46. The summed E-state index contributed by atoms with van der Waals surface area (Å²) >= 11 is 5.81. The Morgan fingerprint density at radius 3 is 2.57 bits per heavy atom. The molecule has 0 unspecified atom stereocenters. The van der Waals surface area contributed by atoms with Gasteiger partial charge in [0.15, 0.2) is 0 Å². The number of ether oxygens (including phenoxy) is 1. The number of benzene rings is 1. The normalized spacial score (nSPS) is 13.7. The number of nitrogens with two attached hydrogens (primary N) is 1. The first-order chi connectivity index (χ1) is 10.4. The van der Waals surface area contributed by atoms with E-state index in [4.69, 9.17) is 16.7 Å². The fourth-order valence-corrected chi connectivity index (χ4v) is 2.29. The van der Waals surface area contributed by atoms with E-state index < -0.39 is 34.8 Å². The van der Waals surface area contributed by atoms with Gasteiger partial charge in [0.25, 0.3) is 5.91 Å². The maximum atomic E-state index is 12.0. The van der Waals surface area contributed by atoms with E-state index in [1.54, 1.807) is 0 Å². The van der Waals surface area contributed by atoms with Crippen molar-refractivity contribution in [1.82, 2.24) is 5.32 Å². The fraction of sp³-hybridized carbons (Fsp3) is 0.417. The Hall–Kier alpha value is -1.36. The molecule has 130 valence electrons. The number of nitrogens with one attached hydrogen (secondary N) is 1. The summed E-state index contributed by atoms with van der Waals surface area (Å²) in [4.78, 5) is 11.7. The maximum Gasteiger partial charge on any atom is 0.411 e. The summed E-state index contributed by atoms with van der Waals surface area (Å²) < 4.78 is 62.8. The lowest BCUT2D eigenvalue weighted by atomic mass is 10.2. The molecule has 0 bridgehead atoms. The van der Waals surface area contributed by atoms with E-state index in [-0.39, 0.29) is 22.1 Å². The Kier molecular flexibility index (Phi) is 6.40. The van der Waals surface area contributed by atoms with Gasteiger partial charge in [-0.2, -0.15) is 13.2 Å². The number of halogens is 4. The third-order valence-corrected chi connectivity index (χ3v) is 3.76. The van der Waals surface area contributed by atoms with Crippen molar-refractivity contribution in [2.24, 2.45) is 5.14 Å². The second kappa shape index (κ2) is 7.47. The zero-order chi connectivity index (χ0) is 17.8. The van der Waals surface area contributed by atoms with Gasteiger partial charge in [-0.1, -0.05) is 11.6 Å². The minimum absolute atomic E-state index is 0.0293. The van der Waals surface area contributed by atoms with Crippen molar-refractivity contribution in [2.75, 3.05) is 13.2 Å². The van der Waals surface area contributed by atoms with Gasteiger partial charge in [0, 0.05) is 6.04 Å². The molecule has 1 aromatic carbocycles. The Labute approximate surface area is 135 Å². The van der Waals surface area contributed by atoms with Crippen LogP contribution in [0.1, 0.15) is 17.3 Å². The largest absolute Gasteiger partial charge is 0.411 e. The summed E-state index contributed by atoms with van der Waals surface area (Å²) in [5.74, 6) is -0.761. The molecule has 0 aliphatic carbocycles. The van der Waals surface area contributed by atoms with E-state index in [1.807, 2.05) is 0 Å². The number of amides is 1. The lowest BCUT2D eigenvalue weighted by Crippen LogP contribution is -2.37. The van der Waals surface area contributed by atoms with Crippen LogP contribution in [-0.2, 0) is 14.8 Å². The topological polar surface area (TPSA) is 98.5 Å². The molecular formula is C12H14ClF3N2O4S. The Morgan fingerprint density at radius 2 is 2.04 bits per heavy atom. The molecule has 1 aromatic rings. The highest BCUT2D eigenvalue weighted by Crippen LogP contribution is 2.20. The molecule has 6 nitrogen and oxygen atoms in total. The molecule has 0 aliphatic rings. The number of hydrogen-bond acceptors (Lipinski definition) is 4. The van der Waals surface area contributed by atoms with Crippen molar-refractivity contribution in [1.29, 1.82) is 0 Å². The molecule has 23 heavy (non-hydrogen) atoms. The van der Waals surface area contributed by atoms with Gasteiger partial charge in [-0.15, -0.1) is 0 Å². The van der Waals surface area contributed by atoms with E-state index in [1.165, 1.54) is 13.0 Å². The van der Waals surface area contributed by atoms with Gasteiger partial charge in [-0.3, -0.25) is 4.79 Å². The molecule has 0 heterocycles. The lowest BCUT2D eigenvalue weighted by Gasteiger charge is -2.16. The first-order valence-electron chi connectivity index (χ1n) is 6.18. The summed E-state index contributed by atoms with van der Waals surface area (Å²) in [7, 11) is -4.02. The molecule has 0 aliphatic heterocycles. The monoisotopic (exact) mass is 374 g/mol. The molecule has 1 atom stereocenters. The maximum absolute atomic E-state index is 12.0. The van der Waals surface area contributed by atoms with Crippen molar-refractivity contribution in [3.05, 3.63) is 28.8 Å². The predicted molar refractivity (Wildman–Crippen MR) is 76.6 cm³/mol. The second-order valence-electron chi connectivity index (χ2n) is 4.69. The van der Waals surface area contributed by atoms with Crippen LogP contribution >= 0.6 is 11.6 Å². The number of carbonyl (C=O) groups excluding carboxylic acids is 1. The van der Waals surface area contributed by atoms with E-state index >= 15 is 0 Å². The molecule has 1 rings (SSSR count). The third-order valence-electron chi connectivity index (χ3n) is 2.52. The third kappa shape index (κ3) is 6.73. The van der Waals surface area contributed by atoms with Gasteiger partial charge in [0.05, 0.1) is 22.1 Å². The van der Waals surface area contributed by atoms with E-state index in [9.17, 15) is 26.4 Å². The molecule has 11 heteroatoms. The Balaban J connectivity index is 2.74. The van der Waals surface area contributed by atoms with E-state index in [2.05, 4.69) is 10.1 Å². The highest BCUT2D eigenvalue weighted by Gasteiger charge is 2.27. The summed E-state index contributed by atoms with van der Waals surface area (Å²) in [5.41, 5.74) is -0.166. The van der Waals surface area contributed by atoms with Crippen LogP contribution in [-0.4, -0.2) is 39.8 Å². The van der Waals surface area contributed by atoms with Gasteiger partial charge in [0.1, 0.15) is 6.61 Å². The van der Waals surface area contributed by atoms with Crippen LogP contribution in [0, 0.1) is 0 Å². The van der Waals surface area contributed by atoms with Crippen LogP contribution in [0.15, 0.2) is 23.1 Å². The summed E-state index contributed by atoms with van der Waals surface area (Å²) in [5, 5.41) is 7.28. The van der Waals surface area contributed by atoms with Crippen LogP contribution in [0.2, 0.25) is 5.02 Å². The molecule has 0 saturated carbocycles. The van der Waals surface area contributed by atoms with Crippen molar-refractivity contribution in [3.8, 4) is 0 Å². The van der Waals surface area contributed by atoms with E-state index in [0.29, 0.717) is 0 Å². The summed E-state index contributed by atoms with van der Waals surface area (Å²) in [6.07, 6.45) is -4.46. The van der Waals surface area contributed by atoms with Crippen molar-refractivity contribution < 1.29 is 31.1 Å². The number of carbonyl (C=O) groups is 1. The Bertz CT molecular complexity index is 679. The van der Waals surface area contributed by atoms with Gasteiger partial charge in [-0.05, 0) is 25.1 Å². The first kappa shape index (κ1) is 19.7. The van der Waals surface area contributed by atoms with Gasteiger partial charge in [0.2, 0.25) is 10.0 Å². The summed E-state index contributed by atoms with van der Waals surface area (Å²) in [6.45, 7) is -0.391. The zero-order valence-corrected chi connectivity index (χ0v) is 13.4. The van der Waals surface area contributed by atoms with Crippen molar-refractivity contribution in [3.63, 3.8) is 0 Å². The molecule has 3 N–H and O–H groups in total. The lowest BCUT2D eigenvalue weighted by molar-refractivity contribution is -0.174. The molecule has 0 radical (unpaired) electrons. The molecule has 0 fully saturated rings. The molecular weight excluding hydrogens is 361 g/mol. The fourth-order valence-electron chi connectivity index (χ4n) is 1.55. The minimum Gasteiger partial charge on any atom is -0.370 e. The van der Waals surface area contributed by atoms with Crippen molar-refractivity contribution >= 4 is 27.5 Å². The Morgan fingerprint density at radius 1 is 1.43 bits per heavy atom. The quantitative estimate of drug-likeness (QED) is 0.791. The summed E-state index contributed by atoms with van der Waals surface area (Å²) in [6, 6.07) is 2.54. The second-order valence-corrected chi connectivity index (χ2v) is 6.66. The van der Waals surface area contributed by atoms with Crippen LogP contribution in [0.4, 0.5) is 13.2 Å². The van der Waals surface area contributed by atoms with Gasteiger partial charge >= 0.3 is 6.18 Å². The SMILES string of the molecule is C[C@@H](COCC(F)(F)F)NC(=O)c1cc(S(N)(=O)=O)ccc1Cl. The van der Waals surface area contributed by atoms with Gasteiger partial charge < -0.3 is 10.1 Å². The first-order valence-corrected chi connectivity index (χ1v) is 8.10. The number of sulfonamides is 1. The molecule has 0 aromatic heterocycles. The number of primary sulfonamides is 1. The number of rotatable bonds is 6. The molecule has 0 saturated heterocycles.